The highest BCUT2D eigenvalue weighted by atomic mass is 32.2. The van der Waals surface area contributed by atoms with E-state index in [0.717, 1.165) is 18.4 Å². The molecule has 0 rings (SSSR count). The van der Waals surface area contributed by atoms with Crippen molar-refractivity contribution in [2.75, 3.05) is 19.9 Å². The third kappa shape index (κ3) is 7.68. The van der Waals surface area contributed by atoms with E-state index in [4.69, 9.17) is 9.05 Å². The van der Waals surface area contributed by atoms with Gasteiger partial charge in [0.1, 0.15) is 0 Å². The maximum Gasteiger partial charge on any atom is 0.167 e. The van der Waals surface area contributed by atoms with E-state index in [1.165, 1.54) is 0 Å². The lowest BCUT2D eigenvalue weighted by Crippen LogP contribution is -2.16. The van der Waals surface area contributed by atoms with E-state index in [2.05, 4.69) is 4.58 Å². The molecule has 1 unspecified atom stereocenters. The number of nitroso groups, excluding NO2 is 1. The van der Waals surface area contributed by atoms with Gasteiger partial charge >= 0.3 is 0 Å². The molecule has 0 bridgehead atoms. The molecule has 4 nitrogen and oxygen atoms in total. The summed E-state index contributed by atoms with van der Waals surface area (Å²) in [6.45, 7) is 9.10. The van der Waals surface area contributed by atoms with Gasteiger partial charge in [0.15, 0.2) is 8.38 Å². The highest BCUT2D eigenvalue weighted by Crippen LogP contribution is 2.35. The normalized spacial score (nSPS) is 14.0. The second-order valence-electron chi connectivity index (χ2n) is 3.37. The Morgan fingerprint density at radius 1 is 1.43 bits per heavy atom. The van der Waals surface area contributed by atoms with Gasteiger partial charge in [-0.2, -0.15) is 0 Å². The molecule has 0 fully saturated rings. The van der Waals surface area contributed by atoms with Crippen molar-refractivity contribution in [2.24, 2.45) is 4.58 Å². The molecule has 0 aliphatic rings. The van der Waals surface area contributed by atoms with Gasteiger partial charge in [-0.05, 0) is 27.2 Å². The molecular formula is C8H18NO3PS. The van der Waals surface area contributed by atoms with Gasteiger partial charge in [0, 0.05) is 27.9 Å². The first-order valence-electron chi connectivity index (χ1n) is 4.52. The number of hydrogen-bond acceptors (Lipinski definition) is 5. The maximum atomic E-state index is 10.1. The van der Waals surface area contributed by atoms with Gasteiger partial charge in [-0.15, -0.1) is 4.91 Å². The summed E-state index contributed by atoms with van der Waals surface area (Å²) in [5, 5.41) is 0. The van der Waals surface area contributed by atoms with Crippen LogP contribution in [0.3, 0.4) is 0 Å². The van der Waals surface area contributed by atoms with Crippen LogP contribution < -0.4 is 0 Å². The molecule has 84 valence electrons. The van der Waals surface area contributed by atoms with Crippen LogP contribution in [0.25, 0.3) is 0 Å². The molecule has 0 aliphatic carbocycles. The van der Waals surface area contributed by atoms with Gasteiger partial charge in [0.2, 0.25) is 0 Å². The van der Waals surface area contributed by atoms with E-state index in [1.807, 2.05) is 27.4 Å². The smallest absolute Gasteiger partial charge is 0.167 e. The summed E-state index contributed by atoms with van der Waals surface area (Å²) in [4.78, 5) is 10.1. The molecular weight excluding hydrogens is 221 g/mol. The average Bonchev–Trinajstić information content (AvgIpc) is 2.03. The second-order valence-corrected chi connectivity index (χ2v) is 6.20. The van der Waals surface area contributed by atoms with Crippen molar-refractivity contribution in [1.29, 1.82) is 0 Å². The SMILES string of the molecule is CCOP(C)OCCC(C)(C)SN=O. The van der Waals surface area contributed by atoms with E-state index in [9.17, 15) is 4.91 Å². The molecule has 0 amide bonds. The average molecular weight is 239 g/mol. The lowest BCUT2D eigenvalue weighted by Gasteiger charge is -2.20. The third-order valence-corrected chi connectivity index (χ3v) is 3.51. The Bertz CT molecular complexity index is 169. The first kappa shape index (κ1) is 14.3. The molecule has 0 aromatic heterocycles. The lowest BCUT2D eigenvalue weighted by atomic mass is 10.1. The van der Waals surface area contributed by atoms with Crippen molar-refractivity contribution < 1.29 is 9.05 Å². The Balaban J connectivity index is 3.56. The molecule has 0 aliphatic heterocycles. The van der Waals surface area contributed by atoms with Gasteiger partial charge in [-0.1, -0.05) is 0 Å². The molecule has 0 aromatic rings. The Morgan fingerprint density at radius 3 is 2.57 bits per heavy atom. The van der Waals surface area contributed by atoms with Crippen molar-refractivity contribution in [3.05, 3.63) is 4.91 Å². The van der Waals surface area contributed by atoms with Crippen LogP contribution in [0.1, 0.15) is 27.2 Å². The maximum absolute atomic E-state index is 10.1. The Hall–Kier alpha value is 0.300. The number of rotatable bonds is 8. The van der Waals surface area contributed by atoms with E-state index >= 15 is 0 Å². The summed E-state index contributed by atoms with van der Waals surface area (Å²) < 4.78 is 13.4. The molecule has 0 N–H and O–H groups in total. The van der Waals surface area contributed by atoms with Crippen LogP contribution in [-0.4, -0.2) is 24.6 Å². The van der Waals surface area contributed by atoms with Gasteiger partial charge in [-0.25, -0.2) is 0 Å². The predicted molar refractivity (Wildman–Crippen MR) is 62.5 cm³/mol. The molecule has 0 radical (unpaired) electrons. The topological polar surface area (TPSA) is 47.9 Å². The summed E-state index contributed by atoms with van der Waals surface area (Å²) in [5.41, 5.74) is 0. The molecule has 0 heterocycles. The van der Waals surface area contributed by atoms with Crippen LogP contribution in [0.4, 0.5) is 0 Å². The summed E-state index contributed by atoms with van der Waals surface area (Å²) in [6.07, 6.45) is 0.795. The number of nitrogens with zero attached hydrogens (tertiary/aromatic N) is 1. The fraction of sp³-hybridized carbons (Fsp3) is 1.00. The van der Waals surface area contributed by atoms with Crippen LogP contribution in [0.15, 0.2) is 4.58 Å². The van der Waals surface area contributed by atoms with E-state index in [1.54, 1.807) is 0 Å². The van der Waals surface area contributed by atoms with Gasteiger partial charge in [0.05, 0.1) is 13.2 Å². The quantitative estimate of drug-likeness (QED) is 0.369. The minimum Gasteiger partial charge on any atom is -0.335 e. The molecule has 1 atom stereocenters. The van der Waals surface area contributed by atoms with Crippen LogP contribution >= 0.6 is 20.3 Å². The van der Waals surface area contributed by atoms with E-state index in [-0.39, 0.29) is 4.75 Å². The van der Waals surface area contributed by atoms with Crippen LogP contribution in [0, 0.1) is 4.91 Å². The van der Waals surface area contributed by atoms with Crippen LogP contribution in [0.5, 0.6) is 0 Å². The fourth-order valence-electron chi connectivity index (χ4n) is 0.786. The van der Waals surface area contributed by atoms with Crippen molar-refractivity contribution >= 4 is 20.3 Å². The second kappa shape index (κ2) is 7.57. The third-order valence-electron chi connectivity index (χ3n) is 1.57. The van der Waals surface area contributed by atoms with E-state index in [0.29, 0.717) is 13.2 Å². The lowest BCUT2D eigenvalue weighted by molar-refractivity contribution is 0.253. The minimum atomic E-state index is -0.761. The summed E-state index contributed by atoms with van der Waals surface area (Å²) in [6, 6.07) is 0. The Kier molecular flexibility index (Phi) is 7.74. The van der Waals surface area contributed by atoms with Crippen molar-refractivity contribution in [3.63, 3.8) is 0 Å². The van der Waals surface area contributed by atoms with Crippen LogP contribution in [0.2, 0.25) is 0 Å². The predicted octanol–water partition coefficient (Wildman–Crippen LogP) is 3.56. The minimum absolute atomic E-state index is 0.149. The zero-order valence-electron chi connectivity index (χ0n) is 9.15. The zero-order chi connectivity index (χ0) is 11.0. The summed E-state index contributed by atoms with van der Waals surface area (Å²) in [7, 11) is -0.761. The highest BCUT2D eigenvalue weighted by molar-refractivity contribution is 7.99. The summed E-state index contributed by atoms with van der Waals surface area (Å²) >= 11 is 1.05. The van der Waals surface area contributed by atoms with Crippen molar-refractivity contribution in [2.45, 2.75) is 31.9 Å². The number of hydrogen-bond donors (Lipinski definition) is 0. The Labute approximate surface area is 91.1 Å². The largest absolute Gasteiger partial charge is 0.335 e. The summed E-state index contributed by atoms with van der Waals surface area (Å²) in [5.74, 6) is 0. The first-order valence-corrected chi connectivity index (χ1v) is 6.92. The van der Waals surface area contributed by atoms with Crippen LogP contribution in [-0.2, 0) is 9.05 Å². The highest BCUT2D eigenvalue weighted by Gasteiger charge is 2.19. The Morgan fingerprint density at radius 2 is 2.07 bits per heavy atom. The molecule has 0 aromatic carbocycles. The monoisotopic (exact) mass is 239 g/mol. The fourth-order valence-corrected chi connectivity index (χ4v) is 1.95. The van der Waals surface area contributed by atoms with Gasteiger partial charge in [0.25, 0.3) is 0 Å². The van der Waals surface area contributed by atoms with Gasteiger partial charge < -0.3 is 9.05 Å². The van der Waals surface area contributed by atoms with E-state index < -0.39 is 8.38 Å². The molecule has 0 saturated carbocycles. The first-order chi connectivity index (χ1) is 6.52. The molecule has 6 heteroatoms. The standard InChI is InChI=1S/C8H18NO3PS/c1-5-11-13(4)12-7-6-8(2,3)14-9-10/h5-7H2,1-4H3. The van der Waals surface area contributed by atoms with Crippen molar-refractivity contribution in [3.8, 4) is 0 Å². The molecule has 0 saturated heterocycles. The molecule has 14 heavy (non-hydrogen) atoms. The van der Waals surface area contributed by atoms with Gasteiger partial charge in [-0.3, -0.25) is 0 Å². The zero-order valence-corrected chi connectivity index (χ0v) is 10.9. The van der Waals surface area contributed by atoms with Crippen molar-refractivity contribution in [1.82, 2.24) is 0 Å². The molecule has 0 spiro atoms.